The van der Waals surface area contributed by atoms with Gasteiger partial charge in [-0.2, -0.15) is 0 Å². The molecule has 0 saturated carbocycles. The molecular weight excluding hydrogens is 366 g/mol. The Labute approximate surface area is 127 Å². The topological polar surface area (TPSA) is 122 Å². The second kappa shape index (κ2) is 5.66. The number of rotatable bonds is 4. The number of hydrogen-bond acceptors (Lipinski definition) is 5. The van der Waals surface area contributed by atoms with Crippen molar-refractivity contribution in [3.05, 3.63) is 61.5 Å². The summed E-state index contributed by atoms with van der Waals surface area (Å²) in [7, 11) is -3.94. The molecule has 0 spiro atoms. The average molecular weight is 374 g/mol. The molecule has 0 atom stereocenters. The summed E-state index contributed by atoms with van der Waals surface area (Å²) >= 11 is 3.00. The maximum atomic E-state index is 12.1. The Kier molecular flexibility index (Phi) is 4.09. The predicted molar refractivity (Wildman–Crippen MR) is 78.7 cm³/mol. The lowest BCUT2D eigenvalue weighted by Crippen LogP contribution is -2.15. The SMILES string of the molecule is O=c1ccc(S(=O)(=O)Nc2ccc(Br)c([N+](=O)[O-])c2)c[nH]1. The number of aromatic nitrogens is 1. The van der Waals surface area contributed by atoms with E-state index < -0.39 is 20.5 Å². The van der Waals surface area contributed by atoms with Crippen molar-refractivity contribution in [2.24, 2.45) is 0 Å². The van der Waals surface area contributed by atoms with E-state index in [1.165, 1.54) is 12.1 Å². The third-order valence-corrected chi connectivity index (χ3v) is 4.51. The van der Waals surface area contributed by atoms with E-state index in [1.54, 1.807) is 0 Å². The van der Waals surface area contributed by atoms with Gasteiger partial charge in [0.1, 0.15) is 4.90 Å². The van der Waals surface area contributed by atoms with Gasteiger partial charge in [0.25, 0.3) is 15.7 Å². The highest BCUT2D eigenvalue weighted by atomic mass is 79.9. The first-order valence-electron chi connectivity index (χ1n) is 5.45. The predicted octanol–water partition coefficient (Wildman–Crippen LogP) is 1.85. The third kappa shape index (κ3) is 3.47. The summed E-state index contributed by atoms with van der Waals surface area (Å²) in [6.45, 7) is 0. The molecule has 1 aromatic carbocycles. The number of nitro groups is 1. The van der Waals surface area contributed by atoms with E-state index in [4.69, 9.17) is 0 Å². The van der Waals surface area contributed by atoms with E-state index in [0.29, 0.717) is 0 Å². The molecule has 0 unspecified atom stereocenters. The van der Waals surface area contributed by atoms with Crippen LogP contribution in [0.5, 0.6) is 0 Å². The lowest BCUT2D eigenvalue weighted by Gasteiger charge is -2.08. The zero-order valence-corrected chi connectivity index (χ0v) is 12.6. The molecule has 0 aliphatic rings. The number of pyridine rings is 1. The maximum absolute atomic E-state index is 12.1. The number of benzene rings is 1. The molecule has 0 amide bonds. The van der Waals surface area contributed by atoms with Crippen molar-refractivity contribution in [2.45, 2.75) is 4.90 Å². The van der Waals surface area contributed by atoms with Crippen LogP contribution in [-0.2, 0) is 10.0 Å². The molecule has 8 nitrogen and oxygen atoms in total. The summed E-state index contributed by atoms with van der Waals surface area (Å²) in [5.41, 5.74) is -0.666. The number of halogens is 1. The van der Waals surface area contributed by atoms with Crippen LogP contribution < -0.4 is 10.3 Å². The zero-order valence-electron chi connectivity index (χ0n) is 10.2. The maximum Gasteiger partial charge on any atom is 0.285 e. The first-order valence-corrected chi connectivity index (χ1v) is 7.73. The Hall–Kier alpha value is -2.20. The smallest absolute Gasteiger partial charge is 0.285 e. The van der Waals surface area contributed by atoms with Gasteiger partial charge in [-0.25, -0.2) is 8.42 Å². The van der Waals surface area contributed by atoms with Crippen LogP contribution in [0, 0.1) is 10.1 Å². The van der Waals surface area contributed by atoms with E-state index in [2.05, 4.69) is 25.6 Å². The van der Waals surface area contributed by atoms with Gasteiger partial charge in [-0.3, -0.25) is 19.6 Å². The van der Waals surface area contributed by atoms with Crippen LogP contribution in [0.25, 0.3) is 0 Å². The fourth-order valence-electron chi connectivity index (χ4n) is 1.49. The Morgan fingerprint density at radius 3 is 2.52 bits per heavy atom. The van der Waals surface area contributed by atoms with E-state index >= 15 is 0 Å². The number of sulfonamides is 1. The van der Waals surface area contributed by atoms with Crippen LogP contribution in [0.2, 0.25) is 0 Å². The van der Waals surface area contributed by atoms with Gasteiger partial charge >= 0.3 is 0 Å². The molecule has 1 heterocycles. The highest BCUT2D eigenvalue weighted by Gasteiger charge is 2.18. The minimum Gasteiger partial charge on any atom is -0.328 e. The Balaban J connectivity index is 2.37. The zero-order chi connectivity index (χ0) is 15.6. The summed E-state index contributed by atoms with van der Waals surface area (Å²) in [6, 6.07) is 6.03. The lowest BCUT2D eigenvalue weighted by atomic mass is 10.3. The molecule has 0 saturated heterocycles. The number of anilines is 1. The molecule has 10 heteroatoms. The van der Waals surface area contributed by atoms with Crippen LogP contribution in [-0.4, -0.2) is 18.3 Å². The first-order chi connectivity index (χ1) is 9.79. The van der Waals surface area contributed by atoms with Gasteiger partial charge in [0.15, 0.2) is 0 Å². The van der Waals surface area contributed by atoms with E-state index in [-0.39, 0.29) is 20.7 Å². The number of nitrogens with one attached hydrogen (secondary N) is 2. The van der Waals surface area contributed by atoms with E-state index in [0.717, 1.165) is 24.4 Å². The van der Waals surface area contributed by atoms with Crippen molar-refractivity contribution in [2.75, 3.05) is 4.72 Å². The third-order valence-electron chi connectivity index (χ3n) is 2.46. The molecule has 1 aromatic heterocycles. The van der Waals surface area contributed by atoms with E-state index in [9.17, 15) is 23.3 Å². The Bertz CT molecular complexity index is 842. The molecule has 21 heavy (non-hydrogen) atoms. The van der Waals surface area contributed by atoms with Gasteiger partial charge in [-0.05, 0) is 34.1 Å². The first kappa shape index (κ1) is 15.2. The van der Waals surface area contributed by atoms with Crippen molar-refractivity contribution in [1.82, 2.24) is 4.98 Å². The fourth-order valence-corrected chi connectivity index (χ4v) is 2.90. The van der Waals surface area contributed by atoms with Gasteiger partial charge < -0.3 is 4.98 Å². The standard InChI is InChI=1S/C11H8BrN3O5S/c12-9-3-1-7(5-10(9)15(17)18)14-21(19,20)8-2-4-11(16)13-6-8/h1-6,14H,(H,13,16). The van der Waals surface area contributed by atoms with Crippen molar-refractivity contribution in [3.63, 3.8) is 0 Å². The summed E-state index contributed by atoms with van der Waals surface area (Å²) in [5.74, 6) is 0. The summed E-state index contributed by atoms with van der Waals surface area (Å²) in [5, 5.41) is 10.8. The number of H-pyrrole nitrogens is 1. The molecule has 2 N–H and O–H groups in total. The number of nitro benzene ring substituents is 1. The van der Waals surface area contributed by atoms with Gasteiger partial charge in [0, 0.05) is 18.3 Å². The van der Waals surface area contributed by atoms with Gasteiger partial charge in [-0.15, -0.1) is 0 Å². The fraction of sp³-hybridized carbons (Fsp3) is 0. The van der Waals surface area contributed by atoms with Crippen LogP contribution in [0.3, 0.4) is 0 Å². The number of hydrogen-bond donors (Lipinski definition) is 2. The number of nitrogens with zero attached hydrogens (tertiary/aromatic N) is 1. The van der Waals surface area contributed by atoms with Gasteiger partial charge in [0.05, 0.1) is 15.1 Å². The Morgan fingerprint density at radius 1 is 1.24 bits per heavy atom. The highest BCUT2D eigenvalue weighted by Crippen LogP contribution is 2.28. The molecule has 0 fully saturated rings. The second-order valence-electron chi connectivity index (χ2n) is 3.92. The number of aromatic amines is 1. The second-order valence-corrected chi connectivity index (χ2v) is 6.45. The molecule has 2 aromatic rings. The van der Waals surface area contributed by atoms with Crippen molar-refractivity contribution in [1.29, 1.82) is 0 Å². The molecule has 0 aliphatic carbocycles. The van der Waals surface area contributed by atoms with Crippen LogP contribution in [0.4, 0.5) is 11.4 Å². The van der Waals surface area contributed by atoms with Gasteiger partial charge in [0.2, 0.25) is 5.56 Å². The minimum atomic E-state index is -3.94. The van der Waals surface area contributed by atoms with E-state index in [1.807, 2.05) is 0 Å². The summed E-state index contributed by atoms with van der Waals surface area (Å²) in [4.78, 5) is 23.2. The molecule has 0 radical (unpaired) electrons. The molecule has 0 aliphatic heterocycles. The quantitative estimate of drug-likeness (QED) is 0.625. The van der Waals surface area contributed by atoms with Crippen molar-refractivity contribution in [3.8, 4) is 0 Å². The highest BCUT2D eigenvalue weighted by molar-refractivity contribution is 9.10. The average Bonchev–Trinajstić information content (AvgIpc) is 2.41. The minimum absolute atomic E-state index is 0.0381. The Morgan fingerprint density at radius 2 is 1.95 bits per heavy atom. The van der Waals surface area contributed by atoms with Crippen LogP contribution in [0.1, 0.15) is 0 Å². The van der Waals surface area contributed by atoms with Gasteiger partial charge in [-0.1, -0.05) is 0 Å². The largest absolute Gasteiger partial charge is 0.328 e. The molecular formula is C11H8BrN3O5S. The van der Waals surface area contributed by atoms with Crippen LogP contribution >= 0.6 is 15.9 Å². The molecule has 110 valence electrons. The molecule has 0 bridgehead atoms. The van der Waals surface area contributed by atoms with Crippen LogP contribution in [0.15, 0.2) is 50.7 Å². The monoisotopic (exact) mass is 373 g/mol. The van der Waals surface area contributed by atoms with Crippen molar-refractivity contribution < 1.29 is 13.3 Å². The van der Waals surface area contributed by atoms with Crippen molar-refractivity contribution >= 4 is 37.3 Å². The lowest BCUT2D eigenvalue weighted by molar-refractivity contribution is -0.385. The summed E-state index contributed by atoms with van der Waals surface area (Å²) < 4.78 is 26.6. The normalized spacial score (nSPS) is 11.1. The molecule has 2 rings (SSSR count). The summed E-state index contributed by atoms with van der Waals surface area (Å²) in [6.07, 6.45) is 1.04.